The highest BCUT2D eigenvalue weighted by atomic mass is 35.5. The standard InChI is InChI=1S/C17H20ClN/c1-12-10-16(18)13(2)9-15(12)17(19-3)11-14-7-5-4-6-8-14/h4-10,17,19H,11H2,1-3H3. The summed E-state index contributed by atoms with van der Waals surface area (Å²) in [6.07, 6.45) is 0.985. The number of nitrogens with one attached hydrogen (secondary N) is 1. The lowest BCUT2D eigenvalue weighted by molar-refractivity contribution is 0.588. The van der Waals surface area contributed by atoms with E-state index in [2.05, 4.69) is 61.6 Å². The molecule has 100 valence electrons. The van der Waals surface area contributed by atoms with E-state index in [0.29, 0.717) is 6.04 Å². The molecule has 0 aliphatic rings. The lowest BCUT2D eigenvalue weighted by atomic mass is 9.94. The van der Waals surface area contributed by atoms with Crippen LogP contribution in [0.5, 0.6) is 0 Å². The molecule has 2 heteroatoms. The minimum atomic E-state index is 0.318. The molecular weight excluding hydrogens is 254 g/mol. The minimum absolute atomic E-state index is 0.318. The minimum Gasteiger partial charge on any atom is -0.313 e. The van der Waals surface area contributed by atoms with Gasteiger partial charge in [0.05, 0.1) is 0 Å². The fourth-order valence-electron chi connectivity index (χ4n) is 2.40. The van der Waals surface area contributed by atoms with E-state index in [0.717, 1.165) is 17.0 Å². The summed E-state index contributed by atoms with van der Waals surface area (Å²) in [5.41, 5.74) is 5.04. The Labute approximate surface area is 120 Å². The molecule has 0 saturated carbocycles. The Morgan fingerprint density at radius 1 is 1.05 bits per heavy atom. The summed E-state index contributed by atoms with van der Waals surface area (Å²) >= 11 is 6.17. The van der Waals surface area contributed by atoms with Crippen molar-refractivity contribution in [3.63, 3.8) is 0 Å². The van der Waals surface area contributed by atoms with Gasteiger partial charge in [0, 0.05) is 11.1 Å². The van der Waals surface area contributed by atoms with Crippen LogP contribution >= 0.6 is 11.6 Å². The second-order valence-corrected chi connectivity index (χ2v) is 5.40. The van der Waals surface area contributed by atoms with Gasteiger partial charge in [-0.15, -0.1) is 0 Å². The van der Waals surface area contributed by atoms with Crippen molar-refractivity contribution < 1.29 is 0 Å². The van der Waals surface area contributed by atoms with Crippen molar-refractivity contribution in [2.45, 2.75) is 26.3 Å². The summed E-state index contributed by atoms with van der Waals surface area (Å²) < 4.78 is 0. The van der Waals surface area contributed by atoms with Gasteiger partial charge < -0.3 is 5.32 Å². The number of halogens is 1. The van der Waals surface area contributed by atoms with E-state index < -0.39 is 0 Å². The van der Waals surface area contributed by atoms with E-state index in [1.54, 1.807) is 0 Å². The first kappa shape index (κ1) is 14.1. The third-order valence-electron chi connectivity index (χ3n) is 3.55. The average molecular weight is 274 g/mol. The highest BCUT2D eigenvalue weighted by Crippen LogP contribution is 2.27. The summed E-state index contributed by atoms with van der Waals surface area (Å²) in [5, 5.41) is 4.25. The Kier molecular flexibility index (Phi) is 4.62. The van der Waals surface area contributed by atoms with E-state index in [1.165, 1.54) is 16.7 Å². The molecule has 2 aromatic rings. The van der Waals surface area contributed by atoms with Crippen molar-refractivity contribution in [1.29, 1.82) is 0 Å². The van der Waals surface area contributed by atoms with Gasteiger partial charge in [0.15, 0.2) is 0 Å². The molecule has 0 fully saturated rings. The summed E-state index contributed by atoms with van der Waals surface area (Å²) in [6, 6.07) is 15.1. The Morgan fingerprint density at radius 3 is 2.37 bits per heavy atom. The molecule has 0 saturated heterocycles. The smallest absolute Gasteiger partial charge is 0.0438 e. The van der Waals surface area contributed by atoms with Crippen LogP contribution in [0.4, 0.5) is 0 Å². The van der Waals surface area contributed by atoms with Gasteiger partial charge in [-0.05, 0) is 55.6 Å². The van der Waals surface area contributed by atoms with Gasteiger partial charge in [0.2, 0.25) is 0 Å². The lowest BCUT2D eigenvalue weighted by Crippen LogP contribution is -2.20. The van der Waals surface area contributed by atoms with E-state index >= 15 is 0 Å². The maximum atomic E-state index is 6.17. The molecule has 2 aromatic carbocycles. The fourth-order valence-corrected chi connectivity index (χ4v) is 2.61. The Bertz CT molecular complexity index is 549. The van der Waals surface area contributed by atoms with Gasteiger partial charge in [0.25, 0.3) is 0 Å². The second kappa shape index (κ2) is 6.23. The maximum Gasteiger partial charge on any atom is 0.0438 e. The normalized spacial score (nSPS) is 12.4. The molecule has 0 spiro atoms. The summed E-state index contributed by atoms with van der Waals surface area (Å²) in [6.45, 7) is 4.18. The summed E-state index contributed by atoms with van der Waals surface area (Å²) in [4.78, 5) is 0. The predicted octanol–water partition coefficient (Wildman–Crippen LogP) is 4.46. The number of rotatable bonds is 4. The van der Waals surface area contributed by atoms with Crippen LogP contribution in [-0.4, -0.2) is 7.05 Å². The zero-order chi connectivity index (χ0) is 13.8. The SMILES string of the molecule is CNC(Cc1ccccc1)c1cc(C)c(Cl)cc1C. The number of aryl methyl sites for hydroxylation is 2. The molecule has 1 nitrogen and oxygen atoms in total. The molecular formula is C17H20ClN. The zero-order valence-electron chi connectivity index (χ0n) is 11.7. The van der Waals surface area contributed by atoms with Crippen molar-refractivity contribution in [3.8, 4) is 0 Å². The van der Waals surface area contributed by atoms with Gasteiger partial charge in [-0.2, -0.15) is 0 Å². The van der Waals surface area contributed by atoms with Crippen LogP contribution in [0, 0.1) is 13.8 Å². The van der Waals surface area contributed by atoms with Crippen LogP contribution in [0.15, 0.2) is 42.5 Å². The third-order valence-corrected chi connectivity index (χ3v) is 3.96. The number of hydrogen-bond donors (Lipinski definition) is 1. The molecule has 0 radical (unpaired) electrons. The monoisotopic (exact) mass is 273 g/mol. The first-order valence-corrected chi connectivity index (χ1v) is 6.97. The first-order chi connectivity index (χ1) is 9.11. The summed E-state index contributed by atoms with van der Waals surface area (Å²) in [5.74, 6) is 0. The molecule has 2 rings (SSSR count). The van der Waals surface area contributed by atoms with E-state index in [1.807, 2.05) is 7.05 Å². The number of benzene rings is 2. The van der Waals surface area contributed by atoms with Crippen LogP contribution < -0.4 is 5.32 Å². The van der Waals surface area contributed by atoms with Gasteiger partial charge >= 0.3 is 0 Å². The van der Waals surface area contributed by atoms with Crippen LogP contribution in [0.25, 0.3) is 0 Å². The predicted molar refractivity (Wildman–Crippen MR) is 82.9 cm³/mol. The van der Waals surface area contributed by atoms with Crippen LogP contribution in [-0.2, 0) is 6.42 Å². The van der Waals surface area contributed by atoms with Gasteiger partial charge in [-0.25, -0.2) is 0 Å². The number of likely N-dealkylation sites (N-methyl/N-ethyl adjacent to an activating group) is 1. The largest absolute Gasteiger partial charge is 0.313 e. The molecule has 1 unspecified atom stereocenters. The van der Waals surface area contributed by atoms with E-state index in [4.69, 9.17) is 11.6 Å². The molecule has 0 aromatic heterocycles. The molecule has 0 aliphatic heterocycles. The quantitative estimate of drug-likeness (QED) is 0.867. The molecule has 1 atom stereocenters. The third kappa shape index (κ3) is 3.37. The Hall–Kier alpha value is -1.31. The topological polar surface area (TPSA) is 12.0 Å². The lowest BCUT2D eigenvalue weighted by Gasteiger charge is -2.20. The van der Waals surface area contributed by atoms with Crippen LogP contribution in [0.2, 0.25) is 5.02 Å². The molecule has 0 heterocycles. The van der Waals surface area contributed by atoms with Crippen LogP contribution in [0.1, 0.15) is 28.3 Å². The molecule has 19 heavy (non-hydrogen) atoms. The van der Waals surface area contributed by atoms with Crippen molar-refractivity contribution in [2.24, 2.45) is 0 Å². The van der Waals surface area contributed by atoms with Crippen molar-refractivity contribution in [1.82, 2.24) is 5.32 Å². The van der Waals surface area contributed by atoms with Crippen molar-refractivity contribution >= 4 is 11.6 Å². The zero-order valence-corrected chi connectivity index (χ0v) is 12.5. The average Bonchev–Trinajstić information content (AvgIpc) is 2.42. The molecule has 0 amide bonds. The first-order valence-electron chi connectivity index (χ1n) is 6.59. The van der Waals surface area contributed by atoms with Crippen molar-refractivity contribution in [3.05, 3.63) is 69.7 Å². The van der Waals surface area contributed by atoms with Crippen molar-refractivity contribution in [2.75, 3.05) is 7.05 Å². The Morgan fingerprint density at radius 2 is 1.74 bits per heavy atom. The fraction of sp³-hybridized carbons (Fsp3) is 0.294. The summed E-state index contributed by atoms with van der Waals surface area (Å²) in [7, 11) is 2.01. The number of hydrogen-bond acceptors (Lipinski definition) is 1. The second-order valence-electron chi connectivity index (χ2n) is 4.99. The molecule has 0 aliphatic carbocycles. The molecule has 0 bridgehead atoms. The highest BCUT2D eigenvalue weighted by Gasteiger charge is 2.14. The van der Waals surface area contributed by atoms with Gasteiger partial charge in [0.1, 0.15) is 0 Å². The van der Waals surface area contributed by atoms with Gasteiger partial charge in [-0.1, -0.05) is 48.0 Å². The Balaban J connectivity index is 2.30. The molecule has 1 N–H and O–H groups in total. The van der Waals surface area contributed by atoms with Gasteiger partial charge in [-0.3, -0.25) is 0 Å². The maximum absolute atomic E-state index is 6.17. The van der Waals surface area contributed by atoms with Crippen LogP contribution in [0.3, 0.4) is 0 Å². The van der Waals surface area contributed by atoms with E-state index in [-0.39, 0.29) is 0 Å². The van der Waals surface area contributed by atoms with E-state index in [9.17, 15) is 0 Å². The highest BCUT2D eigenvalue weighted by molar-refractivity contribution is 6.31.